The average molecular weight is 300 g/mol. The van der Waals surface area contributed by atoms with E-state index in [1.165, 1.54) is 27.4 Å². The highest BCUT2D eigenvalue weighted by Crippen LogP contribution is 2.38. The van der Waals surface area contributed by atoms with Gasteiger partial charge in [0.1, 0.15) is 0 Å². The Bertz CT molecular complexity index is 691. The number of aromatic amines is 1. The molecule has 1 unspecified atom stereocenters. The van der Waals surface area contributed by atoms with Crippen LogP contribution < -0.4 is 0 Å². The second-order valence-electron chi connectivity index (χ2n) is 6.62. The van der Waals surface area contributed by atoms with Crippen molar-refractivity contribution >= 4 is 30.3 Å². The molecule has 3 aromatic rings. The number of rotatable bonds is 4. The lowest BCUT2D eigenvalue weighted by Gasteiger charge is -2.23. The molecule has 0 aliphatic heterocycles. The van der Waals surface area contributed by atoms with E-state index in [4.69, 9.17) is 0 Å². The molecule has 0 bridgehead atoms. The van der Waals surface area contributed by atoms with Gasteiger partial charge in [-0.15, -0.1) is 11.3 Å². The van der Waals surface area contributed by atoms with E-state index in [1.807, 2.05) is 11.3 Å². The first-order chi connectivity index (χ1) is 9.54. The molecule has 0 spiro atoms. The number of fused-ring (bicyclic) bond motifs is 1. The minimum atomic E-state index is -1.13. The third-order valence-electron chi connectivity index (χ3n) is 3.70. The number of aromatic nitrogens is 1. The Morgan fingerprint density at radius 2 is 1.90 bits per heavy atom. The van der Waals surface area contributed by atoms with Crippen molar-refractivity contribution in [3.05, 3.63) is 58.4 Å². The van der Waals surface area contributed by atoms with Crippen LogP contribution in [0.15, 0.2) is 48.0 Å². The number of H-pyrrole nitrogens is 1. The number of hydrogen-bond acceptors (Lipinski definition) is 1. The van der Waals surface area contributed by atoms with Crippen LogP contribution in [0, 0.1) is 0 Å². The molecule has 104 valence electrons. The van der Waals surface area contributed by atoms with Gasteiger partial charge in [0, 0.05) is 36.0 Å². The lowest BCUT2D eigenvalue weighted by Crippen LogP contribution is -2.23. The van der Waals surface area contributed by atoms with Crippen LogP contribution in [0.3, 0.4) is 0 Å². The fourth-order valence-electron chi connectivity index (χ4n) is 2.85. The van der Waals surface area contributed by atoms with E-state index in [0.717, 1.165) is 0 Å². The molecule has 20 heavy (non-hydrogen) atoms. The number of hydrogen-bond donors (Lipinski definition) is 1. The van der Waals surface area contributed by atoms with Gasteiger partial charge >= 0.3 is 0 Å². The zero-order valence-corrected chi connectivity index (χ0v) is 14.1. The minimum absolute atomic E-state index is 0.540. The molecular weight excluding hydrogens is 278 g/mol. The van der Waals surface area contributed by atoms with Gasteiger partial charge in [0.25, 0.3) is 0 Å². The Morgan fingerprint density at radius 1 is 1.10 bits per heavy atom. The van der Waals surface area contributed by atoms with Gasteiger partial charge in [-0.3, -0.25) is 0 Å². The number of thiophene rings is 1. The highest BCUT2D eigenvalue weighted by atomic mass is 32.1. The topological polar surface area (TPSA) is 15.8 Å². The van der Waals surface area contributed by atoms with Crippen LogP contribution in [-0.4, -0.2) is 13.1 Å². The molecule has 2 heterocycles. The first kappa shape index (κ1) is 13.7. The average Bonchev–Trinajstić information content (AvgIpc) is 3.05. The van der Waals surface area contributed by atoms with E-state index in [1.54, 1.807) is 0 Å². The Balaban J connectivity index is 2.09. The van der Waals surface area contributed by atoms with Crippen LogP contribution in [0.4, 0.5) is 0 Å². The molecule has 3 rings (SSSR count). The van der Waals surface area contributed by atoms with Gasteiger partial charge in [0.05, 0.1) is 0 Å². The van der Waals surface area contributed by atoms with E-state index in [9.17, 15) is 0 Å². The molecule has 1 aromatic carbocycles. The molecule has 0 fully saturated rings. The Kier molecular flexibility index (Phi) is 3.57. The van der Waals surface area contributed by atoms with Crippen LogP contribution in [-0.2, 0) is 0 Å². The van der Waals surface area contributed by atoms with Gasteiger partial charge in [0.2, 0.25) is 0 Å². The molecule has 0 aliphatic rings. The van der Waals surface area contributed by atoms with Crippen molar-refractivity contribution in [1.82, 2.24) is 4.98 Å². The maximum absolute atomic E-state index is 3.44. The molecule has 0 amide bonds. The normalized spacial score (nSPS) is 13.8. The van der Waals surface area contributed by atoms with E-state index >= 15 is 0 Å². The molecule has 3 heteroatoms. The second-order valence-corrected chi connectivity index (χ2v) is 13.1. The van der Waals surface area contributed by atoms with Gasteiger partial charge in [0.15, 0.2) is 0 Å². The first-order valence-electron chi connectivity index (χ1n) is 7.14. The van der Waals surface area contributed by atoms with E-state index < -0.39 is 8.07 Å². The van der Waals surface area contributed by atoms with Crippen molar-refractivity contribution in [1.29, 1.82) is 0 Å². The summed E-state index contributed by atoms with van der Waals surface area (Å²) in [6.07, 6.45) is 2.22. The zero-order valence-electron chi connectivity index (χ0n) is 12.3. The van der Waals surface area contributed by atoms with E-state index in [-0.39, 0.29) is 0 Å². The molecule has 0 saturated carbocycles. The quantitative estimate of drug-likeness (QED) is 0.595. The zero-order chi connectivity index (χ0) is 14.2. The highest BCUT2D eigenvalue weighted by Gasteiger charge is 2.25. The Morgan fingerprint density at radius 3 is 2.60 bits per heavy atom. The van der Waals surface area contributed by atoms with Crippen LogP contribution in [0.2, 0.25) is 25.7 Å². The van der Waals surface area contributed by atoms with Crippen LogP contribution >= 0.6 is 11.3 Å². The Hall–Kier alpha value is -1.32. The van der Waals surface area contributed by atoms with Crippen molar-refractivity contribution < 1.29 is 0 Å². The lowest BCUT2D eigenvalue weighted by molar-refractivity contribution is 0.930. The Labute approximate surface area is 125 Å². The summed E-state index contributed by atoms with van der Waals surface area (Å²) in [5.41, 5.74) is 2.71. The highest BCUT2D eigenvalue weighted by molar-refractivity contribution is 7.10. The third-order valence-corrected chi connectivity index (χ3v) is 6.32. The van der Waals surface area contributed by atoms with Gasteiger partial charge in [-0.2, -0.15) is 0 Å². The summed E-state index contributed by atoms with van der Waals surface area (Å²) in [6, 6.07) is 14.4. The predicted molar refractivity (Wildman–Crippen MR) is 92.6 cm³/mol. The first-order valence-corrected chi connectivity index (χ1v) is 11.7. The molecule has 0 saturated heterocycles. The van der Waals surface area contributed by atoms with Crippen LogP contribution in [0.5, 0.6) is 0 Å². The van der Waals surface area contributed by atoms with Crippen LogP contribution in [0.1, 0.15) is 16.4 Å². The summed E-state index contributed by atoms with van der Waals surface area (Å²) in [5, 5.41) is 3.57. The predicted octanol–water partition coefficient (Wildman–Crippen LogP) is 5.70. The SMILES string of the molecule is C[Si](C)(C)CC(c1cccs1)c1c[nH]c2ccccc12. The molecule has 1 N–H and O–H groups in total. The summed E-state index contributed by atoms with van der Waals surface area (Å²) in [5.74, 6) is 0.540. The molecule has 2 aromatic heterocycles. The smallest absolute Gasteiger partial charge is 0.0457 e. The summed E-state index contributed by atoms with van der Waals surface area (Å²) in [6.45, 7) is 7.38. The third kappa shape index (κ3) is 2.74. The maximum Gasteiger partial charge on any atom is 0.0457 e. The number of nitrogens with one attached hydrogen (secondary N) is 1. The minimum Gasteiger partial charge on any atom is -0.361 e. The van der Waals surface area contributed by atoms with Crippen molar-refractivity contribution in [2.75, 3.05) is 0 Å². The van der Waals surface area contributed by atoms with Gasteiger partial charge < -0.3 is 4.98 Å². The largest absolute Gasteiger partial charge is 0.361 e. The van der Waals surface area contributed by atoms with Gasteiger partial charge in [-0.25, -0.2) is 0 Å². The van der Waals surface area contributed by atoms with Crippen LogP contribution in [0.25, 0.3) is 10.9 Å². The van der Waals surface area contributed by atoms with Gasteiger partial charge in [-0.05, 0) is 29.1 Å². The molecule has 0 radical (unpaired) electrons. The van der Waals surface area contributed by atoms with Crippen molar-refractivity contribution in [2.24, 2.45) is 0 Å². The van der Waals surface area contributed by atoms with E-state index in [2.05, 4.69) is 72.6 Å². The van der Waals surface area contributed by atoms with E-state index in [0.29, 0.717) is 5.92 Å². The monoisotopic (exact) mass is 299 g/mol. The fourth-order valence-corrected chi connectivity index (χ4v) is 5.51. The fraction of sp³-hybridized carbons (Fsp3) is 0.294. The maximum atomic E-state index is 3.44. The number of benzene rings is 1. The molecule has 1 atom stereocenters. The molecule has 1 nitrogen and oxygen atoms in total. The molecular formula is C17H21NSSi. The standard InChI is InChI=1S/C17H21NSSi/c1-20(2,3)12-15(17-9-6-10-19-17)14-11-18-16-8-5-4-7-13(14)16/h4-11,15,18H,12H2,1-3H3. The number of para-hydroxylation sites is 1. The van der Waals surface area contributed by atoms with Crippen molar-refractivity contribution in [3.8, 4) is 0 Å². The summed E-state index contributed by atoms with van der Waals surface area (Å²) in [4.78, 5) is 4.93. The summed E-state index contributed by atoms with van der Waals surface area (Å²) < 4.78 is 0. The summed E-state index contributed by atoms with van der Waals surface area (Å²) >= 11 is 1.89. The summed E-state index contributed by atoms with van der Waals surface area (Å²) in [7, 11) is -1.13. The van der Waals surface area contributed by atoms with Gasteiger partial charge in [-0.1, -0.05) is 43.9 Å². The van der Waals surface area contributed by atoms with Crippen molar-refractivity contribution in [2.45, 2.75) is 31.6 Å². The second kappa shape index (κ2) is 5.22. The molecule has 0 aliphatic carbocycles. The van der Waals surface area contributed by atoms with Crippen molar-refractivity contribution in [3.63, 3.8) is 0 Å². The lowest BCUT2D eigenvalue weighted by atomic mass is 9.99.